The summed E-state index contributed by atoms with van der Waals surface area (Å²) in [5.74, 6) is 0.736. The van der Waals surface area contributed by atoms with E-state index in [1.807, 2.05) is 41.1 Å². The Hall–Kier alpha value is -3.87. The molecule has 1 aromatic carbocycles. The Labute approximate surface area is 154 Å². The second-order valence-corrected chi connectivity index (χ2v) is 6.18. The largest absolute Gasteiger partial charge is 0.340 e. The second kappa shape index (κ2) is 6.45. The van der Waals surface area contributed by atoms with E-state index in [9.17, 15) is 0 Å². The molecule has 1 N–H and O–H groups in total. The normalized spacial score (nSPS) is 11.1. The van der Waals surface area contributed by atoms with Crippen LogP contribution in [0.1, 0.15) is 5.56 Å². The third-order valence-electron chi connectivity index (χ3n) is 4.31. The van der Waals surface area contributed by atoms with Crippen molar-refractivity contribution in [2.24, 2.45) is 0 Å². The third-order valence-corrected chi connectivity index (χ3v) is 4.31. The van der Waals surface area contributed by atoms with Gasteiger partial charge in [-0.25, -0.2) is 9.67 Å². The van der Waals surface area contributed by atoms with E-state index in [2.05, 4.69) is 48.8 Å². The first-order chi connectivity index (χ1) is 13.3. The zero-order valence-electron chi connectivity index (χ0n) is 14.3. The topological polar surface area (TPSA) is 81.4 Å². The highest BCUT2D eigenvalue weighted by Crippen LogP contribution is 2.19. The van der Waals surface area contributed by atoms with Crippen molar-refractivity contribution < 1.29 is 0 Å². The first-order valence-electron chi connectivity index (χ1n) is 8.56. The van der Waals surface area contributed by atoms with E-state index in [0.29, 0.717) is 6.54 Å². The molecule has 130 valence electrons. The SMILES string of the molecule is c1cnc2ccc(Cn3nnc4ccc(Nc5ccncc5)nc43)cc2c1. The lowest BCUT2D eigenvalue weighted by atomic mass is 10.1. The van der Waals surface area contributed by atoms with Crippen LogP contribution in [-0.4, -0.2) is 29.9 Å². The number of fused-ring (bicyclic) bond motifs is 2. The summed E-state index contributed by atoms with van der Waals surface area (Å²) in [5, 5.41) is 12.9. The predicted molar refractivity (Wildman–Crippen MR) is 104 cm³/mol. The summed E-state index contributed by atoms with van der Waals surface area (Å²) >= 11 is 0. The molecule has 0 saturated heterocycles. The van der Waals surface area contributed by atoms with Crippen molar-refractivity contribution in [2.75, 3.05) is 5.32 Å². The van der Waals surface area contributed by atoms with E-state index < -0.39 is 0 Å². The van der Waals surface area contributed by atoms with Gasteiger partial charge in [0.2, 0.25) is 0 Å². The first-order valence-corrected chi connectivity index (χ1v) is 8.56. The number of hydrogen-bond donors (Lipinski definition) is 1. The van der Waals surface area contributed by atoms with E-state index in [1.165, 1.54) is 0 Å². The van der Waals surface area contributed by atoms with Crippen LogP contribution in [-0.2, 0) is 6.54 Å². The minimum absolute atomic E-state index is 0.590. The maximum absolute atomic E-state index is 4.68. The highest BCUT2D eigenvalue weighted by molar-refractivity contribution is 5.79. The lowest BCUT2D eigenvalue weighted by molar-refractivity contribution is 0.665. The Morgan fingerprint density at radius 1 is 0.889 bits per heavy atom. The Kier molecular flexibility index (Phi) is 3.68. The standard InChI is InChI=1S/C20H15N7/c1-2-15-12-14(3-4-17(15)22-9-1)13-27-20-18(25-26-27)5-6-19(24-20)23-16-7-10-21-11-8-16/h1-12H,13H2,(H,21,23,24). The zero-order chi connectivity index (χ0) is 18.1. The van der Waals surface area contributed by atoms with Gasteiger partial charge in [-0.3, -0.25) is 9.97 Å². The number of rotatable bonds is 4. The summed E-state index contributed by atoms with van der Waals surface area (Å²) in [7, 11) is 0. The summed E-state index contributed by atoms with van der Waals surface area (Å²) in [6, 6.07) is 17.8. The van der Waals surface area contributed by atoms with Gasteiger partial charge in [-0.1, -0.05) is 17.3 Å². The van der Waals surface area contributed by atoms with Crippen molar-refractivity contribution in [1.82, 2.24) is 29.9 Å². The molecule has 0 fully saturated rings. The van der Waals surface area contributed by atoms with Crippen molar-refractivity contribution in [3.05, 3.63) is 78.8 Å². The molecule has 0 saturated carbocycles. The van der Waals surface area contributed by atoms with Gasteiger partial charge in [0.1, 0.15) is 11.3 Å². The number of pyridine rings is 3. The van der Waals surface area contributed by atoms with Crippen LogP contribution in [0.15, 0.2) is 73.2 Å². The molecule has 4 heterocycles. The van der Waals surface area contributed by atoms with Crippen molar-refractivity contribution in [3.8, 4) is 0 Å². The van der Waals surface area contributed by atoms with Crippen LogP contribution in [0.4, 0.5) is 11.5 Å². The van der Waals surface area contributed by atoms with E-state index in [0.717, 1.165) is 39.1 Å². The number of nitrogens with one attached hydrogen (secondary N) is 1. The van der Waals surface area contributed by atoms with Crippen molar-refractivity contribution in [1.29, 1.82) is 0 Å². The van der Waals surface area contributed by atoms with Crippen LogP contribution in [0.2, 0.25) is 0 Å². The van der Waals surface area contributed by atoms with Gasteiger partial charge in [0.15, 0.2) is 5.65 Å². The summed E-state index contributed by atoms with van der Waals surface area (Å²) in [5.41, 5.74) is 4.53. The average molecular weight is 353 g/mol. The van der Waals surface area contributed by atoms with Crippen LogP contribution in [0.25, 0.3) is 22.1 Å². The molecule has 0 unspecified atom stereocenters. The van der Waals surface area contributed by atoms with Gasteiger partial charge in [0.25, 0.3) is 0 Å². The maximum atomic E-state index is 4.68. The summed E-state index contributed by atoms with van der Waals surface area (Å²) in [4.78, 5) is 13.1. The molecule has 5 rings (SSSR count). The molecule has 27 heavy (non-hydrogen) atoms. The van der Waals surface area contributed by atoms with Gasteiger partial charge in [-0.05, 0) is 48.0 Å². The quantitative estimate of drug-likeness (QED) is 0.532. The molecule has 7 heteroatoms. The van der Waals surface area contributed by atoms with Crippen LogP contribution in [0.5, 0.6) is 0 Å². The first kappa shape index (κ1) is 15.4. The average Bonchev–Trinajstić information content (AvgIpc) is 3.11. The maximum Gasteiger partial charge on any atom is 0.180 e. The Balaban J connectivity index is 1.48. The summed E-state index contributed by atoms with van der Waals surface area (Å²) < 4.78 is 1.81. The van der Waals surface area contributed by atoms with Crippen LogP contribution in [0.3, 0.4) is 0 Å². The third kappa shape index (κ3) is 3.06. The second-order valence-electron chi connectivity index (χ2n) is 6.18. The fourth-order valence-corrected chi connectivity index (χ4v) is 3.01. The van der Waals surface area contributed by atoms with Crippen molar-refractivity contribution >= 4 is 33.6 Å². The van der Waals surface area contributed by atoms with Crippen LogP contribution in [0, 0.1) is 0 Å². The summed E-state index contributed by atoms with van der Waals surface area (Å²) in [6.45, 7) is 0.590. The van der Waals surface area contributed by atoms with Crippen LogP contribution < -0.4 is 5.32 Å². The number of hydrogen-bond acceptors (Lipinski definition) is 6. The monoisotopic (exact) mass is 353 g/mol. The zero-order valence-corrected chi connectivity index (χ0v) is 14.3. The molecule has 7 nitrogen and oxygen atoms in total. The summed E-state index contributed by atoms with van der Waals surface area (Å²) in [6.07, 6.45) is 5.27. The lowest BCUT2D eigenvalue weighted by Gasteiger charge is -2.07. The van der Waals surface area contributed by atoms with E-state index >= 15 is 0 Å². The molecule has 0 aliphatic carbocycles. The number of aromatic nitrogens is 6. The molecule has 0 atom stereocenters. The van der Waals surface area contributed by atoms with Gasteiger partial charge in [0, 0.05) is 29.7 Å². The van der Waals surface area contributed by atoms with Gasteiger partial charge < -0.3 is 5.32 Å². The molecular weight excluding hydrogens is 338 g/mol. The molecule has 5 aromatic rings. The van der Waals surface area contributed by atoms with Gasteiger partial charge in [0.05, 0.1) is 12.1 Å². The van der Waals surface area contributed by atoms with E-state index in [1.54, 1.807) is 18.6 Å². The van der Waals surface area contributed by atoms with E-state index in [-0.39, 0.29) is 0 Å². The predicted octanol–water partition coefficient (Wildman–Crippen LogP) is 3.56. The smallest absolute Gasteiger partial charge is 0.180 e. The van der Waals surface area contributed by atoms with E-state index in [4.69, 9.17) is 0 Å². The van der Waals surface area contributed by atoms with Crippen LogP contribution >= 0.6 is 0 Å². The Bertz CT molecular complexity index is 1230. The number of nitrogens with zero attached hydrogens (tertiary/aromatic N) is 6. The molecule has 0 radical (unpaired) electrons. The lowest BCUT2D eigenvalue weighted by Crippen LogP contribution is -2.04. The van der Waals surface area contributed by atoms with Gasteiger partial charge in [-0.15, -0.1) is 5.10 Å². The molecule has 0 amide bonds. The molecular formula is C20H15N7. The Morgan fingerprint density at radius 2 is 1.78 bits per heavy atom. The molecule has 0 bridgehead atoms. The Morgan fingerprint density at radius 3 is 2.70 bits per heavy atom. The number of anilines is 2. The van der Waals surface area contributed by atoms with Gasteiger partial charge >= 0.3 is 0 Å². The molecule has 0 aliphatic rings. The highest BCUT2D eigenvalue weighted by Gasteiger charge is 2.09. The van der Waals surface area contributed by atoms with Gasteiger partial charge in [-0.2, -0.15) is 0 Å². The van der Waals surface area contributed by atoms with Crippen molar-refractivity contribution in [3.63, 3.8) is 0 Å². The highest BCUT2D eigenvalue weighted by atomic mass is 15.4. The minimum Gasteiger partial charge on any atom is -0.340 e. The fourth-order valence-electron chi connectivity index (χ4n) is 3.01. The molecule has 4 aromatic heterocycles. The fraction of sp³-hybridized carbons (Fsp3) is 0.0500. The minimum atomic E-state index is 0.590. The molecule has 0 spiro atoms. The molecule has 0 aliphatic heterocycles. The number of benzene rings is 1. The van der Waals surface area contributed by atoms with Crippen molar-refractivity contribution in [2.45, 2.75) is 6.54 Å².